The molecule has 8 heteroatoms. The maximum Gasteiger partial charge on any atom is 0.290 e. The van der Waals surface area contributed by atoms with E-state index in [1.165, 1.54) is 25.2 Å². The van der Waals surface area contributed by atoms with Crippen LogP contribution in [0.1, 0.15) is 27.7 Å². The number of rotatable bonds is 5. The molecule has 1 atom stereocenters. The van der Waals surface area contributed by atoms with Crippen molar-refractivity contribution in [3.8, 4) is 11.5 Å². The summed E-state index contributed by atoms with van der Waals surface area (Å²) in [6, 6.07) is 9.08. The summed E-state index contributed by atoms with van der Waals surface area (Å²) < 4.78 is 16.7. The summed E-state index contributed by atoms with van der Waals surface area (Å²) in [6.07, 6.45) is 0. The Hall–Kier alpha value is -3.03. The van der Waals surface area contributed by atoms with Crippen molar-refractivity contribution in [2.45, 2.75) is 6.04 Å². The number of amides is 1. The fraction of sp³-hybridized carbons (Fsp3) is 0.238. The average molecular weight is 416 g/mol. The fourth-order valence-corrected chi connectivity index (χ4v) is 3.95. The third-order valence-electron chi connectivity index (χ3n) is 5.00. The zero-order valence-electron chi connectivity index (χ0n) is 15.8. The van der Waals surface area contributed by atoms with Crippen molar-refractivity contribution in [2.75, 3.05) is 27.4 Å². The summed E-state index contributed by atoms with van der Waals surface area (Å²) in [7, 11) is 2.99. The molecular weight excluding hydrogens is 398 g/mol. The van der Waals surface area contributed by atoms with Gasteiger partial charge in [-0.1, -0.05) is 23.7 Å². The molecule has 1 unspecified atom stereocenters. The number of para-hydroxylation sites is 1. The summed E-state index contributed by atoms with van der Waals surface area (Å²) in [4.78, 5) is 27.8. The SMILES string of the molecule is COc1cccc(C2c3c(oc4ccc(Cl)cc4c3=O)C(=O)N2CCO)c1OC. The first-order valence-electron chi connectivity index (χ1n) is 8.90. The van der Waals surface area contributed by atoms with Gasteiger partial charge in [0.05, 0.1) is 37.8 Å². The predicted octanol–water partition coefficient (Wildman–Crippen LogP) is 3.00. The molecule has 0 saturated heterocycles. The predicted molar refractivity (Wildman–Crippen MR) is 107 cm³/mol. The van der Waals surface area contributed by atoms with E-state index in [9.17, 15) is 14.7 Å². The summed E-state index contributed by atoms with van der Waals surface area (Å²) in [5.41, 5.74) is 0.659. The molecule has 2 heterocycles. The van der Waals surface area contributed by atoms with Gasteiger partial charge in [0.1, 0.15) is 5.58 Å². The van der Waals surface area contributed by atoms with E-state index >= 15 is 0 Å². The molecule has 29 heavy (non-hydrogen) atoms. The van der Waals surface area contributed by atoms with Crippen molar-refractivity contribution < 1.29 is 23.8 Å². The van der Waals surface area contributed by atoms with Crippen LogP contribution in [-0.2, 0) is 0 Å². The van der Waals surface area contributed by atoms with Gasteiger partial charge in [-0.15, -0.1) is 0 Å². The first kappa shape index (κ1) is 19.3. The molecule has 0 saturated carbocycles. The van der Waals surface area contributed by atoms with E-state index in [0.29, 0.717) is 22.1 Å². The number of halogens is 1. The molecule has 0 aliphatic carbocycles. The zero-order chi connectivity index (χ0) is 20.7. The Bertz CT molecular complexity index is 1170. The van der Waals surface area contributed by atoms with Crippen molar-refractivity contribution in [3.05, 3.63) is 68.5 Å². The number of carbonyl (C=O) groups excluding carboxylic acids is 1. The second-order valence-corrected chi connectivity index (χ2v) is 6.96. The van der Waals surface area contributed by atoms with Gasteiger partial charge in [-0.3, -0.25) is 9.59 Å². The lowest BCUT2D eigenvalue weighted by Gasteiger charge is -2.26. The quantitative estimate of drug-likeness (QED) is 0.689. The Kier molecular flexibility index (Phi) is 4.94. The Morgan fingerprint density at radius 2 is 1.97 bits per heavy atom. The van der Waals surface area contributed by atoms with Gasteiger partial charge >= 0.3 is 0 Å². The van der Waals surface area contributed by atoms with Gasteiger partial charge < -0.3 is 23.9 Å². The third kappa shape index (κ3) is 2.94. The maximum atomic E-state index is 13.4. The molecular formula is C21H18ClNO6. The second-order valence-electron chi connectivity index (χ2n) is 6.52. The van der Waals surface area contributed by atoms with Crippen LogP contribution >= 0.6 is 11.6 Å². The summed E-state index contributed by atoms with van der Waals surface area (Å²) in [6.45, 7) is -0.257. The van der Waals surface area contributed by atoms with Gasteiger partial charge in [-0.25, -0.2) is 0 Å². The topological polar surface area (TPSA) is 89.2 Å². The van der Waals surface area contributed by atoms with Gasteiger partial charge in [-0.05, 0) is 24.3 Å². The van der Waals surface area contributed by atoms with E-state index in [4.69, 9.17) is 25.5 Å². The Labute approximate surface area is 171 Å². The molecule has 2 aromatic carbocycles. The molecule has 4 rings (SSSR count). The highest BCUT2D eigenvalue weighted by Gasteiger charge is 2.44. The Morgan fingerprint density at radius 3 is 2.66 bits per heavy atom. The van der Waals surface area contributed by atoms with Gasteiger partial charge in [0.25, 0.3) is 5.91 Å². The number of carbonyl (C=O) groups is 1. The van der Waals surface area contributed by atoms with Crippen LogP contribution in [0.3, 0.4) is 0 Å². The van der Waals surface area contributed by atoms with E-state index in [0.717, 1.165) is 0 Å². The average Bonchev–Trinajstić information content (AvgIpc) is 3.00. The molecule has 1 N–H and O–H groups in total. The number of aliphatic hydroxyl groups is 1. The van der Waals surface area contributed by atoms with Crippen molar-refractivity contribution in [3.63, 3.8) is 0 Å². The highest BCUT2D eigenvalue weighted by atomic mass is 35.5. The number of benzene rings is 2. The number of nitrogens with zero attached hydrogens (tertiary/aromatic N) is 1. The van der Waals surface area contributed by atoms with E-state index in [-0.39, 0.29) is 40.9 Å². The Balaban J connectivity index is 2.05. The lowest BCUT2D eigenvalue weighted by Crippen LogP contribution is -2.32. The minimum absolute atomic E-state index is 0.0185. The molecule has 150 valence electrons. The smallest absolute Gasteiger partial charge is 0.290 e. The normalized spacial score (nSPS) is 15.7. The first-order valence-corrected chi connectivity index (χ1v) is 9.28. The minimum Gasteiger partial charge on any atom is -0.493 e. The zero-order valence-corrected chi connectivity index (χ0v) is 16.5. The van der Waals surface area contributed by atoms with Crippen LogP contribution < -0.4 is 14.9 Å². The molecule has 0 radical (unpaired) electrons. The van der Waals surface area contributed by atoms with E-state index in [1.807, 2.05) is 0 Å². The van der Waals surface area contributed by atoms with Crippen LogP contribution in [0.2, 0.25) is 5.02 Å². The number of β-amino-alcohol motifs (C(OH)–C–C–N with tert-alkyl or cyclic N) is 1. The second kappa shape index (κ2) is 7.42. The van der Waals surface area contributed by atoms with E-state index < -0.39 is 11.9 Å². The largest absolute Gasteiger partial charge is 0.493 e. The van der Waals surface area contributed by atoms with Crippen LogP contribution in [0.5, 0.6) is 11.5 Å². The molecule has 0 fully saturated rings. The van der Waals surface area contributed by atoms with Gasteiger partial charge in [0, 0.05) is 17.1 Å². The number of hydrogen-bond acceptors (Lipinski definition) is 6. The van der Waals surface area contributed by atoms with Gasteiger partial charge in [0.15, 0.2) is 16.9 Å². The van der Waals surface area contributed by atoms with Crippen molar-refractivity contribution in [1.82, 2.24) is 4.90 Å². The van der Waals surface area contributed by atoms with Crippen LogP contribution in [-0.4, -0.2) is 43.3 Å². The van der Waals surface area contributed by atoms with Crippen molar-refractivity contribution in [2.24, 2.45) is 0 Å². The van der Waals surface area contributed by atoms with Crippen LogP contribution in [0.4, 0.5) is 0 Å². The molecule has 0 bridgehead atoms. The number of aliphatic hydroxyl groups excluding tert-OH is 1. The molecule has 0 spiro atoms. The lowest BCUT2D eigenvalue weighted by molar-refractivity contribution is 0.0689. The molecule has 1 aliphatic rings. The molecule has 1 aromatic heterocycles. The number of hydrogen-bond donors (Lipinski definition) is 1. The summed E-state index contributed by atoms with van der Waals surface area (Å²) in [5.74, 6) is 0.336. The molecule has 3 aromatic rings. The first-order chi connectivity index (χ1) is 14.0. The number of methoxy groups -OCH3 is 2. The minimum atomic E-state index is -0.797. The van der Waals surface area contributed by atoms with E-state index in [1.54, 1.807) is 30.3 Å². The van der Waals surface area contributed by atoms with Crippen LogP contribution in [0.15, 0.2) is 45.6 Å². The fourth-order valence-electron chi connectivity index (χ4n) is 3.78. The number of ether oxygens (including phenoxy) is 2. The highest BCUT2D eigenvalue weighted by Crippen LogP contribution is 2.44. The monoisotopic (exact) mass is 415 g/mol. The Morgan fingerprint density at radius 1 is 1.17 bits per heavy atom. The molecule has 1 aliphatic heterocycles. The summed E-state index contributed by atoms with van der Waals surface area (Å²) >= 11 is 6.06. The van der Waals surface area contributed by atoms with Crippen molar-refractivity contribution >= 4 is 28.5 Å². The highest BCUT2D eigenvalue weighted by molar-refractivity contribution is 6.31. The molecule has 1 amide bonds. The molecule has 7 nitrogen and oxygen atoms in total. The number of fused-ring (bicyclic) bond motifs is 2. The third-order valence-corrected chi connectivity index (χ3v) is 5.23. The van der Waals surface area contributed by atoms with Gasteiger partial charge in [-0.2, -0.15) is 0 Å². The van der Waals surface area contributed by atoms with E-state index in [2.05, 4.69) is 0 Å². The van der Waals surface area contributed by atoms with Crippen LogP contribution in [0.25, 0.3) is 11.0 Å². The van der Waals surface area contributed by atoms with Crippen LogP contribution in [0, 0.1) is 0 Å². The lowest BCUT2D eigenvalue weighted by atomic mass is 9.97. The summed E-state index contributed by atoms with van der Waals surface area (Å²) in [5, 5.41) is 10.2. The van der Waals surface area contributed by atoms with Gasteiger partial charge in [0.2, 0.25) is 5.76 Å². The standard InChI is InChI=1S/C21H18ClNO6/c1-27-15-5-3-4-12(19(15)28-2)17-16-18(25)13-10-11(22)6-7-14(13)29-20(16)21(26)23(17)8-9-24/h3-7,10,17,24H,8-9H2,1-2H3. The van der Waals surface area contributed by atoms with Crippen molar-refractivity contribution in [1.29, 1.82) is 0 Å². The maximum absolute atomic E-state index is 13.4.